The van der Waals surface area contributed by atoms with E-state index in [4.69, 9.17) is 9.47 Å². The molecule has 1 aromatic carbocycles. The Labute approximate surface area is 174 Å². The molecule has 0 amide bonds. The van der Waals surface area contributed by atoms with Crippen molar-refractivity contribution >= 4 is 17.7 Å². The maximum atomic E-state index is 12.9. The van der Waals surface area contributed by atoms with Crippen LogP contribution in [0.3, 0.4) is 0 Å². The Bertz CT molecular complexity index is 664. The lowest BCUT2D eigenvalue weighted by Gasteiger charge is -2.26. The molecule has 1 aromatic rings. The van der Waals surface area contributed by atoms with E-state index < -0.39 is 17.4 Å². The molecule has 160 valence electrons. The first-order valence-corrected chi connectivity index (χ1v) is 10.9. The van der Waals surface area contributed by atoms with Gasteiger partial charge in [-0.3, -0.25) is 14.4 Å². The first-order valence-electron chi connectivity index (χ1n) is 10.9. The number of hydrogen-bond acceptors (Lipinski definition) is 5. The summed E-state index contributed by atoms with van der Waals surface area (Å²) in [5, 5.41) is 0. The zero-order valence-electron chi connectivity index (χ0n) is 18.0. The second kappa shape index (κ2) is 11.1. The first-order chi connectivity index (χ1) is 13.9. The summed E-state index contributed by atoms with van der Waals surface area (Å²) < 4.78 is 10.9. The molecule has 0 atom stereocenters. The highest BCUT2D eigenvalue weighted by molar-refractivity contribution is 6.06. The fourth-order valence-electron chi connectivity index (χ4n) is 3.19. The average molecular weight is 403 g/mol. The monoisotopic (exact) mass is 402 g/mol. The van der Waals surface area contributed by atoms with Gasteiger partial charge in [0.2, 0.25) is 0 Å². The summed E-state index contributed by atoms with van der Waals surface area (Å²) in [7, 11) is 0. The maximum Gasteiger partial charge on any atom is 0.327 e. The molecular formula is C24H34O5. The molecule has 1 saturated carbocycles. The Morgan fingerprint density at radius 2 is 1.34 bits per heavy atom. The number of Topliss-reactive ketones (excluding diaryl/α,β-unsaturated/α-hetero) is 1. The summed E-state index contributed by atoms with van der Waals surface area (Å²) in [5.41, 5.74) is -0.434. The summed E-state index contributed by atoms with van der Waals surface area (Å²) in [6.45, 7) is 6.26. The van der Waals surface area contributed by atoms with Crippen LogP contribution < -0.4 is 0 Å². The van der Waals surface area contributed by atoms with E-state index in [2.05, 4.69) is 13.8 Å². The summed E-state index contributed by atoms with van der Waals surface area (Å²) in [6, 6.07) is 6.75. The SMILES string of the molecule is CCCCCOC(=O)C(C)(C(=O)OCCCCC)c1ccc(C(=O)C2CC2)cc1. The number of hydrogen-bond donors (Lipinski definition) is 0. The number of benzene rings is 1. The molecule has 1 aliphatic rings. The predicted octanol–water partition coefficient (Wildman–Crippen LogP) is 5.00. The average Bonchev–Trinajstić information content (AvgIpc) is 3.58. The fourth-order valence-corrected chi connectivity index (χ4v) is 3.19. The molecule has 0 radical (unpaired) electrons. The zero-order valence-corrected chi connectivity index (χ0v) is 18.0. The number of carbonyl (C=O) groups is 3. The summed E-state index contributed by atoms with van der Waals surface area (Å²) in [6.07, 6.45) is 7.36. The van der Waals surface area contributed by atoms with E-state index in [1.165, 1.54) is 0 Å². The lowest BCUT2D eigenvalue weighted by atomic mass is 9.82. The van der Waals surface area contributed by atoms with Crippen molar-refractivity contribution in [1.29, 1.82) is 0 Å². The molecule has 2 rings (SSSR count). The van der Waals surface area contributed by atoms with Gasteiger partial charge < -0.3 is 9.47 Å². The van der Waals surface area contributed by atoms with Gasteiger partial charge in [0.15, 0.2) is 11.2 Å². The standard InChI is InChI=1S/C24H34O5/c1-4-6-8-16-28-22(26)24(3,23(27)29-17-9-7-5-2)20-14-12-19(13-15-20)21(25)18-10-11-18/h12-15,18H,4-11,16-17H2,1-3H3. The molecule has 5 heteroatoms. The third-order valence-corrected chi connectivity index (χ3v) is 5.47. The van der Waals surface area contributed by atoms with Gasteiger partial charge in [-0.15, -0.1) is 0 Å². The van der Waals surface area contributed by atoms with Gasteiger partial charge in [0, 0.05) is 11.5 Å². The lowest BCUT2D eigenvalue weighted by Crippen LogP contribution is -2.43. The van der Waals surface area contributed by atoms with Gasteiger partial charge in [-0.25, -0.2) is 0 Å². The van der Waals surface area contributed by atoms with Gasteiger partial charge in [0.25, 0.3) is 0 Å². The van der Waals surface area contributed by atoms with Crippen molar-refractivity contribution in [2.45, 2.75) is 77.6 Å². The number of ketones is 1. The predicted molar refractivity (Wildman–Crippen MR) is 112 cm³/mol. The van der Waals surface area contributed by atoms with E-state index in [0.29, 0.717) is 11.1 Å². The molecule has 1 aliphatic carbocycles. The Balaban J connectivity index is 2.16. The largest absolute Gasteiger partial charge is 0.465 e. The number of carbonyl (C=O) groups excluding carboxylic acids is 3. The second-order valence-corrected chi connectivity index (χ2v) is 8.03. The number of esters is 2. The lowest BCUT2D eigenvalue weighted by molar-refractivity contribution is -0.164. The van der Waals surface area contributed by atoms with Crippen molar-refractivity contribution in [2.24, 2.45) is 5.92 Å². The summed E-state index contributed by atoms with van der Waals surface area (Å²) >= 11 is 0. The molecule has 1 fully saturated rings. The molecule has 0 aromatic heterocycles. The van der Waals surface area contributed by atoms with Crippen molar-refractivity contribution in [3.8, 4) is 0 Å². The Kier molecular flexibility index (Phi) is 8.87. The van der Waals surface area contributed by atoms with Crippen LogP contribution in [0.25, 0.3) is 0 Å². The molecule has 0 heterocycles. The van der Waals surface area contributed by atoms with E-state index >= 15 is 0 Å². The van der Waals surface area contributed by atoms with Gasteiger partial charge >= 0.3 is 11.9 Å². The van der Waals surface area contributed by atoms with Gasteiger partial charge in [-0.1, -0.05) is 63.8 Å². The minimum Gasteiger partial charge on any atom is -0.465 e. The topological polar surface area (TPSA) is 69.7 Å². The molecule has 0 unspecified atom stereocenters. The van der Waals surface area contributed by atoms with Crippen molar-refractivity contribution in [2.75, 3.05) is 13.2 Å². The van der Waals surface area contributed by atoms with Crippen LogP contribution in [0.15, 0.2) is 24.3 Å². The van der Waals surface area contributed by atoms with Gasteiger partial charge in [0.1, 0.15) is 0 Å². The Hall–Kier alpha value is -2.17. The van der Waals surface area contributed by atoms with Crippen molar-refractivity contribution < 1.29 is 23.9 Å². The van der Waals surface area contributed by atoms with Crippen molar-refractivity contribution in [3.05, 3.63) is 35.4 Å². The molecule has 29 heavy (non-hydrogen) atoms. The Morgan fingerprint density at radius 3 is 1.76 bits per heavy atom. The van der Waals surface area contributed by atoms with Crippen LogP contribution in [0.1, 0.15) is 88.1 Å². The highest BCUT2D eigenvalue weighted by Gasteiger charge is 2.46. The van der Waals surface area contributed by atoms with E-state index in [0.717, 1.165) is 51.4 Å². The minimum absolute atomic E-state index is 0.124. The fraction of sp³-hybridized carbons (Fsp3) is 0.625. The number of rotatable bonds is 13. The highest BCUT2D eigenvalue weighted by atomic mass is 16.6. The summed E-state index contributed by atoms with van der Waals surface area (Å²) in [5.74, 6) is -0.951. The maximum absolute atomic E-state index is 12.9. The van der Waals surface area contributed by atoms with Gasteiger partial charge in [0.05, 0.1) is 13.2 Å². The van der Waals surface area contributed by atoms with Crippen LogP contribution in [-0.4, -0.2) is 30.9 Å². The van der Waals surface area contributed by atoms with E-state index in [1.54, 1.807) is 31.2 Å². The molecule has 0 N–H and O–H groups in total. The Morgan fingerprint density at radius 1 is 0.862 bits per heavy atom. The van der Waals surface area contributed by atoms with E-state index in [-0.39, 0.29) is 24.9 Å². The van der Waals surface area contributed by atoms with E-state index in [1.807, 2.05) is 0 Å². The molecule has 0 saturated heterocycles. The zero-order chi connectivity index (χ0) is 21.3. The van der Waals surface area contributed by atoms with Crippen LogP contribution >= 0.6 is 0 Å². The van der Waals surface area contributed by atoms with E-state index in [9.17, 15) is 14.4 Å². The number of ether oxygens (including phenoxy) is 2. The normalized spacial score (nSPS) is 13.8. The highest BCUT2D eigenvalue weighted by Crippen LogP contribution is 2.34. The first kappa shape index (κ1) is 23.1. The third kappa shape index (κ3) is 6.15. The summed E-state index contributed by atoms with van der Waals surface area (Å²) in [4.78, 5) is 38.1. The van der Waals surface area contributed by atoms with Crippen LogP contribution in [0.2, 0.25) is 0 Å². The molecule has 0 bridgehead atoms. The third-order valence-electron chi connectivity index (χ3n) is 5.47. The van der Waals surface area contributed by atoms with Crippen LogP contribution in [0, 0.1) is 5.92 Å². The molecule has 0 aliphatic heterocycles. The quantitative estimate of drug-likeness (QED) is 0.201. The van der Waals surface area contributed by atoms with Crippen LogP contribution in [0.5, 0.6) is 0 Å². The smallest absolute Gasteiger partial charge is 0.327 e. The van der Waals surface area contributed by atoms with Gasteiger partial charge in [-0.05, 0) is 38.2 Å². The van der Waals surface area contributed by atoms with Gasteiger partial charge in [-0.2, -0.15) is 0 Å². The molecule has 0 spiro atoms. The van der Waals surface area contributed by atoms with Crippen LogP contribution in [-0.2, 0) is 24.5 Å². The minimum atomic E-state index is -1.54. The molecular weight excluding hydrogens is 368 g/mol. The van der Waals surface area contributed by atoms with Crippen molar-refractivity contribution in [3.63, 3.8) is 0 Å². The number of unbranched alkanes of at least 4 members (excludes halogenated alkanes) is 4. The van der Waals surface area contributed by atoms with Crippen LogP contribution in [0.4, 0.5) is 0 Å². The molecule has 5 nitrogen and oxygen atoms in total. The second-order valence-electron chi connectivity index (χ2n) is 8.03. The van der Waals surface area contributed by atoms with Crippen molar-refractivity contribution in [1.82, 2.24) is 0 Å².